The van der Waals surface area contributed by atoms with Crippen LogP contribution in [-0.2, 0) is 6.42 Å². The molecule has 106 valence electrons. The normalized spacial score (nSPS) is 10.3. The van der Waals surface area contributed by atoms with Gasteiger partial charge in [-0.15, -0.1) is 0 Å². The zero-order chi connectivity index (χ0) is 14.4. The largest absolute Gasteiger partial charge is 0.491 e. The fourth-order valence-corrected chi connectivity index (χ4v) is 1.87. The number of ether oxygens (including phenoxy) is 2. The monoisotopic (exact) mass is 271 g/mol. The maximum Gasteiger partial charge on any atom is 0.154 e. The molecule has 0 aliphatic rings. The lowest BCUT2D eigenvalue weighted by Crippen LogP contribution is -2.00. The van der Waals surface area contributed by atoms with Crippen molar-refractivity contribution in [1.82, 2.24) is 0 Å². The molecule has 0 saturated heterocycles. The Morgan fingerprint density at radius 3 is 2.30 bits per heavy atom. The van der Waals surface area contributed by atoms with E-state index < -0.39 is 0 Å². The Morgan fingerprint density at radius 1 is 0.950 bits per heavy atom. The van der Waals surface area contributed by atoms with Gasteiger partial charge < -0.3 is 15.2 Å². The van der Waals surface area contributed by atoms with E-state index in [1.807, 2.05) is 30.3 Å². The van der Waals surface area contributed by atoms with Crippen LogP contribution in [0.4, 0.5) is 5.69 Å². The molecule has 0 fully saturated rings. The van der Waals surface area contributed by atoms with E-state index >= 15 is 0 Å². The predicted octanol–water partition coefficient (Wildman–Crippen LogP) is 4.41. The van der Waals surface area contributed by atoms with Crippen molar-refractivity contribution in [2.24, 2.45) is 0 Å². The van der Waals surface area contributed by atoms with Gasteiger partial charge in [0.05, 0.1) is 6.61 Å². The van der Waals surface area contributed by atoms with Crippen LogP contribution in [0.1, 0.15) is 25.8 Å². The Labute approximate surface area is 120 Å². The number of aryl methyl sites for hydroxylation is 1. The maximum absolute atomic E-state index is 6.08. The molecule has 2 N–H and O–H groups in total. The molecule has 0 unspecified atom stereocenters. The minimum Gasteiger partial charge on any atom is -0.491 e. The number of hydrogen-bond donors (Lipinski definition) is 1. The van der Waals surface area contributed by atoms with Crippen LogP contribution in [0.25, 0.3) is 0 Å². The highest BCUT2D eigenvalue weighted by Gasteiger charge is 2.08. The summed E-state index contributed by atoms with van der Waals surface area (Å²) in [6.45, 7) is 4.84. The fourth-order valence-electron chi connectivity index (χ4n) is 1.87. The molecule has 0 amide bonds. The third-order valence-electron chi connectivity index (χ3n) is 3.05. The second kappa shape index (κ2) is 6.85. The van der Waals surface area contributed by atoms with Crippen molar-refractivity contribution in [2.45, 2.75) is 26.7 Å². The Hall–Kier alpha value is -2.16. The first-order valence-corrected chi connectivity index (χ1v) is 7.02. The quantitative estimate of drug-likeness (QED) is 0.791. The number of nitrogen functional groups attached to an aromatic ring is 1. The summed E-state index contributed by atoms with van der Waals surface area (Å²) in [5.74, 6) is 2.08. The average Bonchev–Trinajstić information content (AvgIpc) is 2.49. The summed E-state index contributed by atoms with van der Waals surface area (Å²) >= 11 is 0. The van der Waals surface area contributed by atoms with Crippen LogP contribution >= 0.6 is 0 Å². The van der Waals surface area contributed by atoms with E-state index in [1.165, 1.54) is 5.56 Å². The van der Waals surface area contributed by atoms with Gasteiger partial charge in [0, 0.05) is 0 Å². The molecule has 0 aromatic heterocycles. The van der Waals surface area contributed by atoms with E-state index in [0.717, 1.165) is 18.6 Å². The lowest BCUT2D eigenvalue weighted by molar-refractivity contribution is 0.318. The van der Waals surface area contributed by atoms with E-state index in [0.29, 0.717) is 23.8 Å². The minimum atomic E-state index is 0.542. The summed E-state index contributed by atoms with van der Waals surface area (Å²) < 4.78 is 11.4. The second-order valence-electron chi connectivity index (χ2n) is 4.62. The van der Waals surface area contributed by atoms with E-state index in [4.69, 9.17) is 15.2 Å². The SMILES string of the molecule is CCCOc1cccc(Oc2ccc(CC)cc2)c1N. The topological polar surface area (TPSA) is 44.5 Å². The van der Waals surface area contributed by atoms with Crippen molar-refractivity contribution in [3.8, 4) is 17.2 Å². The summed E-state index contributed by atoms with van der Waals surface area (Å²) in [4.78, 5) is 0. The number of rotatable bonds is 6. The number of anilines is 1. The van der Waals surface area contributed by atoms with E-state index in [2.05, 4.69) is 26.0 Å². The molecule has 20 heavy (non-hydrogen) atoms. The summed E-state index contributed by atoms with van der Waals surface area (Å²) in [5.41, 5.74) is 7.90. The van der Waals surface area contributed by atoms with Crippen molar-refractivity contribution in [3.05, 3.63) is 48.0 Å². The van der Waals surface area contributed by atoms with Gasteiger partial charge >= 0.3 is 0 Å². The van der Waals surface area contributed by atoms with Gasteiger partial charge in [-0.3, -0.25) is 0 Å². The van der Waals surface area contributed by atoms with Gasteiger partial charge in [-0.2, -0.15) is 0 Å². The molecular weight excluding hydrogens is 250 g/mol. The second-order valence-corrected chi connectivity index (χ2v) is 4.62. The molecule has 0 radical (unpaired) electrons. The summed E-state index contributed by atoms with van der Waals surface area (Å²) in [7, 11) is 0. The van der Waals surface area contributed by atoms with E-state index in [9.17, 15) is 0 Å². The van der Waals surface area contributed by atoms with E-state index in [-0.39, 0.29) is 0 Å². The molecule has 3 nitrogen and oxygen atoms in total. The number of hydrogen-bond acceptors (Lipinski definition) is 3. The molecule has 2 aromatic rings. The van der Waals surface area contributed by atoms with Crippen LogP contribution in [-0.4, -0.2) is 6.61 Å². The molecule has 2 rings (SSSR count). The van der Waals surface area contributed by atoms with Crippen molar-refractivity contribution in [2.75, 3.05) is 12.3 Å². The standard InChI is InChI=1S/C17H21NO2/c1-3-12-19-15-6-5-7-16(17(15)18)20-14-10-8-13(4-2)9-11-14/h5-11H,3-4,12,18H2,1-2H3. The van der Waals surface area contributed by atoms with Crippen LogP contribution in [0.5, 0.6) is 17.2 Å². The zero-order valence-corrected chi connectivity index (χ0v) is 12.1. The van der Waals surface area contributed by atoms with Crippen LogP contribution in [0, 0.1) is 0 Å². The van der Waals surface area contributed by atoms with Crippen molar-refractivity contribution in [1.29, 1.82) is 0 Å². The molecule has 0 aliphatic carbocycles. The first kappa shape index (κ1) is 14.3. The highest BCUT2D eigenvalue weighted by Crippen LogP contribution is 2.34. The maximum atomic E-state index is 6.08. The first-order valence-electron chi connectivity index (χ1n) is 7.02. The molecule has 2 aromatic carbocycles. The average molecular weight is 271 g/mol. The summed E-state index contributed by atoms with van der Waals surface area (Å²) in [5, 5.41) is 0. The molecule has 0 aliphatic heterocycles. The predicted molar refractivity (Wildman–Crippen MR) is 82.5 cm³/mol. The molecule has 0 bridgehead atoms. The van der Waals surface area contributed by atoms with Crippen molar-refractivity contribution < 1.29 is 9.47 Å². The van der Waals surface area contributed by atoms with Crippen molar-refractivity contribution in [3.63, 3.8) is 0 Å². The summed E-state index contributed by atoms with van der Waals surface area (Å²) in [6.07, 6.45) is 1.96. The van der Waals surface area contributed by atoms with Crippen LogP contribution in [0.3, 0.4) is 0 Å². The van der Waals surface area contributed by atoms with Gasteiger partial charge in [-0.25, -0.2) is 0 Å². The van der Waals surface area contributed by atoms with E-state index in [1.54, 1.807) is 0 Å². The van der Waals surface area contributed by atoms with Crippen LogP contribution in [0.2, 0.25) is 0 Å². The van der Waals surface area contributed by atoms with Gasteiger partial charge in [0.15, 0.2) is 5.75 Å². The van der Waals surface area contributed by atoms with Gasteiger partial charge in [-0.05, 0) is 42.7 Å². The lowest BCUT2D eigenvalue weighted by atomic mass is 10.2. The third-order valence-corrected chi connectivity index (χ3v) is 3.05. The first-order chi connectivity index (χ1) is 9.74. The van der Waals surface area contributed by atoms with Gasteiger partial charge in [0.25, 0.3) is 0 Å². The molecule has 3 heteroatoms. The van der Waals surface area contributed by atoms with Crippen LogP contribution in [0.15, 0.2) is 42.5 Å². The lowest BCUT2D eigenvalue weighted by Gasteiger charge is -2.13. The smallest absolute Gasteiger partial charge is 0.154 e. The molecule has 0 atom stereocenters. The van der Waals surface area contributed by atoms with Crippen LogP contribution < -0.4 is 15.2 Å². The summed E-state index contributed by atoms with van der Waals surface area (Å²) in [6, 6.07) is 13.6. The Kier molecular flexibility index (Phi) is 4.88. The number of para-hydroxylation sites is 1. The zero-order valence-electron chi connectivity index (χ0n) is 12.1. The number of nitrogens with two attached hydrogens (primary N) is 1. The Balaban J connectivity index is 2.15. The third kappa shape index (κ3) is 3.44. The molecule has 0 heterocycles. The highest BCUT2D eigenvalue weighted by atomic mass is 16.5. The van der Waals surface area contributed by atoms with Gasteiger partial charge in [-0.1, -0.05) is 32.0 Å². The Morgan fingerprint density at radius 2 is 1.65 bits per heavy atom. The van der Waals surface area contributed by atoms with Gasteiger partial charge in [0.2, 0.25) is 0 Å². The molecular formula is C17H21NO2. The minimum absolute atomic E-state index is 0.542. The highest BCUT2D eigenvalue weighted by molar-refractivity contribution is 5.63. The van der Waals surface area contributed by atoms with Crippen molar-refractivity contribution >= 4 is 5.69 Å². The fraction of sp³-hybridized carbons (Fsp3) is 0.294. The van der Waals surface area contributed by atoms with Gasteiger partial charge in [0.1, 0.15) is 17.2 Å². The Bertz CT molecular complexity index is 549. The number of benzene rings is 2. The molecule has 0 saturated carbocycles. The molecule has 0 spiro atoms.